The second kappa shape index (κ2) is 14.0. The van der Waals surface area contributed by atoms with E-state index in [1.807, 2.05) is 18.2 Å². The Kier molecular flexibility index (Phi) is 10.7. The lowest BCUT2D eigenvalue weighted by molar-refractivity contribution is -0.138. The minimum atomic E-state index is -0.455. The summed E-state index contributed by atoms with van der Waals surface area (Å²) in [7, 11) is 0. The lowest BCUT2D eigenvalue weighted by atomic mass is 9.77. The van der Waals surface area contributed by atoms with Gasteiger partial charge in [0, 0.05) is 18.2 Å². The van der Waals surface area contributed by atoms with Crippen molar-refractivity contribution in [1.29, 1.82) is 0 Å². The topological polar surface area (TPSA) is 55.8 Å². The van der Waals surface area contributed by atoms with Crippen LogP contribution in [0.3, 0.4) is 0 Å². The molecule has 1 fully saturated rings. The van der Waals surface area contributed by atoms with Crippen LogP contribution in [0.1, 0.15) is 75.3 Å². The molecule has 1 saturated carbocycles. The molecule has 0 saturated heterocycles. The maximum atomic E-state index is 11.3. The fourth-order valence-electron chi connectivity index (χ4n) is 4.96. The first kappa shape index (κ1) is 26.0. The summed E-state index contributed by atoms with van der Waals surface area (Å²) < 4.78 is 11.0. The number of aliphatic hydroxyl groups is 1. The van der Waals surface area contributed by atoms with E-state index < -0.39 is 5.97 Å². The Balaban J connectivity index is 1.64. The standard InChI is InChI=1S/C30H40O4/c1-3-5-6-7-23-8-11-25(12-9-23)26-13-15-27(16-14-26)28-17-10-24(18-19-31)22-29(28)33-20-21-34-30(32)4-2/h4,10,13-17,22-23,25,31H,2-3,5-9,11-12,18-21H2,1H3. The molecule has 0 amide bonds. The molecule has 0 radical (unpaired) electrons. The average Bonchev–Trinajstić information content (AvgIpc) is 2.87. The molecule has 1 aliphatic carbocycles. The van der Waals surface area contributed by atoms with Gasteiger partial charge in [-0.05, 0) is 66.7 Å². The number of unbranched alkanes of at least 4 members (excludes halogenated alkanes) is 2. The fourth-order valence-corrected chi connectivity index (χ4v) is 4.96. The SMILES string of the molecule is C=CC(=O)OCCOc1cc(CCO)ccc1-c1ccc(C2CCC(CCCCC)CC2)cc1. The van der Waals surface area contributed by atoms with Crippen molar-refractivity contribution in [1.82, 2.24) is 0 Å². The second-order valence-corrected chi connectivity index (χ2v) is 9.36. The Morgan fingerprint density at radius 1 is 1.06 bits per heavy atom. The van der Waals surface area contributed by atoms with E-state index in [1.165, 1.54) is 56.9 Å². The summed E-state index contributed by atoms with van der Waals surface area (Å²) in [4.78, 5) is 11.3. The first-order chi connectivity index (χ1) is 16.6. The molecule has 3 rings (SSSR count). The Labute approximate surface area is 205 Å². The lowest BCUT2D eigenvalue weighted by Gasteiger charge is -2.29. The number of esters is 1. The first-order valence-corrected chi connectivity index (χ1v) is 12.9. The second-order valence-electron chi connectivity index (χ2n) is 9.36. The van der Waals surface area contributed by atoms with Gasteiger partial charge in [-0.25, -0.2) is 4.79 Å². The molecular formula is C30H40O4. The van der Waals surface area contributed by atoms with Crippen molar-refractivity contribution in [3.8, 4) is 16.9 Å². The number of carbonyl (C=O) groups excluding carboxylic acids is 1. The quantitative estimate of drug-likeness (QED) is 0.200. The Morgan fingerprint density at radius 3 is 2.50 bits per heavy atom. The van der Waals surface area contributed by atoms with Crippen LogP contribution in [-0.4, -0.2) is 30.9 Å². The van der Waals surface area contributed by atoms with E-state index in [0.29, 0.717) is 12.3 Å². The van der Waals surface area contributed by atoms with Crippen molar-refractivity contribution in [3.05, 3.63) is 66.2 Å². The van der Waals surface area contributed by atoms with Gasteiger partial charge >= 0.3 is 5.97 Å². The van der Waals surface area contributed by atoms with Gasteiger partial charge in [0.15, 0.2) is 0 Å². The largest absolute Gasteiger partial charge is 0.489 e. The fraction of sp³-hybridized carbons (Fsp3) is 0.500. The van der Waals surface area contributed by atoms with E-state index in [2.05, 4.69) is 37.8 Å². The van der Waals surface area contributed by atoms with Gasteiger partial charge in [0.25, 0.3) is 0 Å². The van der Waals surface area contributed by atoms with E-state index in [4.69, 9.17) is 9.47 Å². The van der Waals surface area contributed by atoms with Crippen LogP contribution >= 0.6 is 0 Å². The van der Waals surface area contributed by atoms with Gasteiger partial charge in [-0.1, -0.05) is 75.6 Å². The number of hydrogen-bond acceptors (Lipinski definition) is 4. The zero-order chi connectivity index (χ0) is 24.2. The summed E-state index contributed by atoms with van der Waals surface area (Å²) in [6, 6.07) is 15.0. The van der Waals surface area contributed by atoms with Gasteiger partial charge in [0.2, 0.25) is 0 Å². The summed E-state index contributed by atoms with van der Waals surface area (Å²) in [5, 5.41) is 9.32. The normalized spacial score (nSPS) is 17.8. The van der Waals surface area contributed by atoms with Crippen molar-refractivity contribution in [2.24, 2.45) is 5.92 Å². The number of carbonyl (C=O) groups is 1. The Hall–Kier alpha value is -2.59. The molecule has 0 aliphatic heterocycles. The van der Waals surface area contributed by atoms with Crippen LogP contribution in [0.25, 0.3) is 11.1 Å². The van der Waals surface area contributed by atoms with Crippen molar-refractivity contribution in [2.45, 2.75) is 70.6 Å². The maximum absolute atomic E-state index is 11.3. The van der Waals surface area contributed by atoms with Crippen LogP contribution in [0.5, 0.6) is 5.75 Å². The van der Waals surface area contributed by atoms with Crippen molar-refractivity contribution < 1.29 is 19.4 Å². The van der Waals surface area contributed by atoms with Gasteiger partial charge in [0.1, 0.15) is 19.0 Å². The summed E-state index contributed by atoms with van der Waals surface area (Å²) in [6.45, 7) is 6.19. The predicted octanol–water partition coefficient (Wildman–Crippen LogP) is 6.85. The Bertz CT molecular complexity index is 895. The number of benzene rings is 2. The van der Waals surface area contributed by atoms with E-state index in [9.17, 15) is 9.90 Å². The Morgan fingerprint density at radius 2 is 1.82 bits per heavy atom. The molecule has 0 unspecified atom stereocenters. The van der Waals surface area contributed by atoms with Gasteiger partial charge in [-0.2, -0.15) is 0 Å². The van der Waals surface area contributed by atoms with Gasteiger partial charge in [-0.15, -0.1) is 0 Å². The molecule has 1 N–H and O–H groups in total. The third kappa shape index (κ3) is 7.73. The van der Waals surface area contributed by atoms with Crippen molar-refractivity contribution >= 4 is 5.97 Å². The highest BCUT2D eigenvalue weighted by Gasteiger charge is 2.22. The smallest absolute Gasteiger partial charge is 0.330 e. The van der Waals surface area contributed by atoms with E-state index in [1.54, 1.807) is 0 Å². The highest BCUT2D eigenvalue weighted by atomic mass is 16.6. The summed E-state index contributed by atoms with van der Waals surface area (Å²) in [5.41, 5.74) is 4.55. The third-order valence-corrected chi connectivity index (χ3v) is 6.95. The molecule has 0 bridgehead atoms. The highest BCUT2D eigenvalue weighted by molar-refractivity contribution is 5.81. The maximum Gasteiger partial charge on any atom is 0.330 e. The monoisotopic (exact) mass is 464 g/mol. The molecule has 0 heterocycles. The van der Waals surface area contributed by atoms with Gasteiger partial charge < -0.3 is 14.6 Å². The molecule has 184 valence electrons. The summed E-state index contributed by atoms with van der Waals surface area (Å²) in [6.07, 6.45) is 12.5. The first-order valence-electron chi connectivity index (χ1n) is 12.9. The van der Waals surface area contributed by atoms with Crippen molar-refractivity contribution in [2.75, 3.05) is 19.8 Å². The van der Waals surface area contributed by atoms with E-state index >= 15 is 0 Å². The van der Waals surface area contributed by atoms with Gasteiger partial charge in [0.05, 0.1) is 0 Å². The molecular weight excluding hydrogens is 424 g/mol. The summed E-state index contributed by atoms with van der Waals surface area (Å²) in [5.74, 6) is 1.87. The zero-order valence-electron chi connectivity index (χ0n) is 20.6. The predicted molar refractivity (Wildman–Crippen MR) is 138 cm³/mol. The molecule has 0 atom stereocenters. The number of hydrogen-bond donors (Lipinski definition) is 1. The van der Waals surface area contributed by atoms with Crippen LogP contribution in [0.4, 0.5) is 0 Å². The third-order valence-electron chi connectivity index (χ3n) is 6.95. The van der Waals surface area contributed by atoms with Crippen LogP contribution in [0.15, 0.2) is 55.1 Å². The van der Waals surface area contributed by atoms with E-state index in [0.717, 1.165) is 34.4 Å². The average molecular weight is 465 g/mol. The van der Waals surface area contributed by atoms with Crippen molar-refractivity contribution in [3.63, 3.8) is 0 Å². The number of rotatable bonds is 13. The van der Waals surface area contributed by atoms with Crippen LogP contribution in [0, 0.1) is 5.92 Å². The minimum absolute atomic E-state index is 0.0886. The number of aliphatic hydroxyl groups excluding tert-OH is 1. The molecule has 1 aliphatic rings. The lowest BCUT2D eigenvalue weighted by Crippen LogP contribution is -2.13. The molecule has 0 spiro atoms. The summed E-state index contributed by atoms with van der Waals surface area (Å²) >= 11 is 0. The van der Waals surface area contributed by atoms with Gasteiger partial charge in [-0.3, -0.25) is 0 Å². The van der Waals surface area contributed by atoms with Crippen LogP contribution in [0.2, 0.25) is 0 Å². The minimum Gasteiger partial charge on any atom is -0.489 e. The molecule has 4 nitrogen and oxygen atoms in total. The zero-order valence-corrected chi connectivity index (χ0v) is 20.6. The van der Waals surface area contributed by atoms with Crippen LogP contribution < -0.4 is 4.74 Å². The highest BCUT2D eigenvalue weighted by Crippen LogP contribution is 2.39. The van der Waals surface area contributed by atoms with Crippen LogP contribution in [-0.2, 0) is 16.0 Å². The molecule has 4 heteroatoms. The molecule has 2 aromatic carbocycles. The molecule has 2 aromatic rings. The molecule has 0 aromatic heterocycles. The molecule has 34 heavy (non-hydrogen) atoms. The van der Waals surface area contributed by atoms with E-state index in [-0.39, 0.29) is 19.8 Å². The number of ether oxygens (including phenoxy) is 2.